The summed E-state index contributed by atoms with van der Waals surface area (Å²) >= 11 is 0. The van der Waals surface area contributed by atoms with Gasteiger partial charge in [-0.3, -0.25) is 0 Å². The van der Waals surface area contributed by atoms with Gasteiger partial charge in [0.15, 0.2) is 0 Å². The zero-order chi connectivity index (χ0) is 17.2. The van der Waals surface area contributed by atoms with Crippen LogP contribution < -0.4 is 5.32 Å². The van der Waals surface area contributed by atoms with E-state index in [1.165, 1.54) is 0 Å². The van der Waals surface area contributed by atoms with Gasteiger partial charge in [-0.25, -0.2) is 22.7 Å². The van der Waals surface area contributed by atoms with Crippen molar-refractivity contribution in [1.82, 2.24) is 14.3 Å². The van der Waals surface area contributed by atoms with Gasteiger partial charge >= 0.3 is 0 Å². The van der Waals surface area contributed by atoms with Gasteiger partial charge in [-0.1, -0.05) is 0 Å². The van der Waals surface area contributed by atoms with E-state index < -0.39 is 10.0 Å². The number of ether oxygens (including phenoxy) is 1. The first-order valence-electron chi connectivity index (χ1n) is 8.58. The molecule has 1 spiro atoms. The summed E-state index contributed by atoms with van der Waals surface area (Å²) in [5, 5.41) is 3.01. The number of rotatable bonds is 4. The standard InChI is InChI=1S/C16H26N4O3S/c1-13(2)24(21,22)20-9-5-16(6-10-20)12-14(4-11-23-16)19-15-17-7-3-8-18-15/h3,7-8,13-14H,4-6,9-12H2,1-2H3,(H,17,18,19). The molecule has 1 unspecified atom stereocenters. The SMILES string of the molecule is CC(C)S(=O)(=O)N1CCC2(CC1)CC(Nc1ncccn1)CCO2. The first kappa shape index (κ1) is 17.6. The Morgan fingerprint density at radius 3 is 2.58 bits per heavy atom. The molecule has 7 nitrogen and oxygen atoms in total. The van der Waals surface area contributed by atoms with Gasteiger partial charge < -0.3 is 10.1 Å². The molecule has 1 aromatic rings. The van der Waals surface area contributed by atoms with E-state index in [0.717, 1.165) is 25.7 Å². The van der Waals surface area contributed by atoms with Crippen LogP contribution in [0.4, 0.5) is 5.95 Å². The van der Waals surface area contributed by atoms with Crippen LogP contribution in [-0.4, -0.2) is 59.3 Å². The van der Waals surface area contributed by atoms with Crippen LogP contribution in [-0.2, 0) is 14.8 Å². The summed E-state index contributed by atoms with van der Waals surface area (Å²) in [6, 6.07) is 2.05. The van der Waals surface area contributed by atoms with Gasteiger partial charge in [-0.05, 0) is 45.6 Å². The van der Waals surface area contributed by atoms with Gasteiger partial charge in [-0.15, -0.1) is 0 Å². The Kier molecular flexibility index (Phi) is 5.08. The van der Waals surface area contributed by atoms with Crippen molar-refractivity contribution in [2.24, 2.45) is 0 Å². The third-order valence-electron chi connectivity index (χ3n) is 4.98. The predicted octanol–water partition coefficient (Wildman–Crippen LogP) is 1.64. The number of hydrogen-bond donors (Lipinski definition) is 1. The second-order valence-corrected chi connectivity index (χ2v) is 9.42. The molecule has 0 radical (unpaired) electrons. The average molecular weight is 354 g/mol. The fourth-order valence-corrected chi connectivity index (χ4v) is 4.79. The van der Waals surface area contributed by atoms with E-state index >= 15 is 0 Å². The molecule has 2 saturated heterocycles. The van der Waals surface area contributed by atoms with Gasteiger partial charge in [0.1, 0.15) is 0 Å². The summed E-state index contributed by atoms with van der Waals surface area (Å²) in [7, 11) is -3.18. The summed E-state index contributed by atoms with van der Waals surface area (Å²) in [5.41, 5.74) is -0.228. The minimum absolute atomic E-state index is 0.228. The van der Waals surface area contributed by atoms with Crippen molar-refractivity contribution in [2.45, 2.75) is 56.4 Å². The van der Waals surface area contributed by atoms with Crippen molar-refractivity contribution in [1.29, 1.82) is 0 Å². The lowest BCUT2D eigenvalue weighted by Gasteiger charge is -2.46. The maximum atomic E-state index is 12.3. The van der Waals surface area contributed by atoms with Crippen LogP contribution in [0.2, 0.25) is 0 Å². The van der Waals surface area contributed by atoms with Crippen molar-refractivity contribution in [2.75, 3.05) is 25.0 Å². The molecule has 0 aromatic carbocycles. The van der Waals surface area contributed by atoms with Crippen molar-refractivity contribution in [3.63, 3.8) is 0 Å². The number of aromatic nitrogens is 2. The fourth-order valence-electron chi connectivity index (χ4n) is 3.50. The number of piperidine rings is 1. The first-order chi connectivity index (χ1) is 11.4. The van der Waals surface area contributed by atoms with Crippen molar-refractivity contribution in [3.05, 3.63) is 18.5 Å². The normalized spacial score (nSPS) is 25.0. The molecule has 3 heterocycles. The molecule has 1 aromatic heterocycles. The summed E-state index contributed by atoms with van der Waals surface area (Å²) in [4.78, 5) is 8.44. The number of anilines is 1. The highest BCUT2D eigenvalue weighted by Crippen LogP contribution is 2.36. The Balaban J connectivity index is 1.61. The van der Waals surface area contributed by atoms with E-state index in [0.29, 0.717) is 25.6 Å². The molecule has 2 aliphatic heterocycles. The molecule has 1 N–H and O–H groups in total. The molecule has 0 bridgehead atoms. The molecule has 8 heteroatoms. The maximum absolute atomic E-state index is 12.3. The Morgan fingerprint density at radius 2 is 1.96 bits per heavy atom. The number of sulfonamides is 1. The third-order valence-corrected chi connectivity index (χ3v) is 7.26. The molecule has 1 atom stereocenters. The monoisotopic (exact) mass is 354 g/mol. The molecule has 0 aliphatic carbocycles. The van der Waals surface area contributed by atoms with E-state index in [2.05, 4.69) is 15.3 Å². The lowest BCUT2D eigenvalue weighted by atomic mass is 9.83. The largest absolute Gasteiger partial charge is 0.375 e. The molecule has 3 rings (SSSR count). The van der Waals surface area contributed by atoms with Crippen LogP contribution in [0, 0.1) is 0 Å². The number of hydrogen-bond acceptors (Lipinski definition) is 6. The number of nitrogens with one attached hydrogen (secondary N) is 1. The van der Waals surface area contributed by atoms with Crippen LogP contribution in [0.5, 0.6) is 0 Å². The smallest absolute Gasteiger partial charge is 0.222 e. The van der Waals surface area contributed by atoms with Crippen molar-refractivity contribution >= 4 is 16.0 Å². The fraction of sp³-hybridized carbons (Fsp3) is 0.750. The lowest BCUT2D eigenvalue weighted by Crippen LogP contribution is -2.53. The number of nitrogens with zero attached hydrogens (tertiary/aromatic N) is 3. The van der Waals surface area contributed by atoms with Gasteiger partial charge in [0.05, 0.1) is 10.9 Å². The van der Waals surface area contributed by atoms with Crippen LogP contribution in [0.15, 0.2) is 18.5 Å². The van der Waals surface area contributed by atoms with Crippen LogP contribution >= 0.6 is 0 Å². The van der Waals surface area contributed by atoms with Crippen LogP contribution in [0.3, 0.4) is 0 Å². The Labute approximate surface area is 143 Å². The molecular formula is C16H26N4O3S. The molecule has 0 saturated carbocycles. The van der Waals surface area contributed by atoms with Crippen molar-refractivity contribution < 1.29 is 13.2 Å². The summed E-state index contributed by atoms with van der Waals surface area (Å²) < 4.78 is 32.3. The van der Waals surface area contributed by atoms with Gasteiger partial charge in [0.25, 0.3) is 0 Å². The predicted molar refractivity (Wildman–Crippen MR) is 92.2 cm³/mol. The highest BCUT2D eigenvalue weighted by molar-refractivity contribution is 7.89. The lowest BCUT2D eigenvalue weighted by molar-refractivity contribution is -0.106. The Bertz CT molecular complexity index is 643. The topological polar surface area (TPSA) is 84.4 Å². The summed E-state index contributed by atoms with van der Waals surface area (Å²) in [6.45, 7) is 5.22. The van der Waals surface area contributed by atoms with E-state index in [9.17, 15) is 8.42 Å². The molecule has 134 valence electrons. The molecular weight excluding hydrogens is 328 g/mol. The average Bonchev–Trinajstić information content (AvgIpc) is 2.56. The van der Waals surface area contributed by atoms with Crippen molar-refractivity contribution in [3.8, 4) is 0 Å². The van der Waals surface area contributed by atoms with E-state index in [1.807, 2.05) is 0 Å². The molecule has 2 fully saturated rings. The second-order valence-electron chi connectivity index (χ2n) is 6.93. The maximum Gasteiger partial charge on any atom is 0.222 e. The van der Waals surface area contributed by atoms with Gasteiger partial charge in [0.2, 0.25) is 16.0 Å². The summed E-state index contributed by atoms with van der Waals surface area (Å²) in [6.07, 6.45) is 6.70. The van der Waals surface area contributed by atoms with Gasteiger partial charge in [-0.2, -0.15) is 0 Å². The molecule has 2 aliphatic rings. The highest BCUT2D eigenvalue weighted by atomic mass is 32.2. The van der Waals surface area contributed by atoms with Gasteiger partial charge in [0, 0.05) is 38.1 Å². The van der Waals surface area contributed by atoms with Crippen LogP contribution in [0.1, 0.15) is 39.5 Å². The molecule has 0 amide bonds. The zero-order valence-electron chi connectivity index (χ0n) is 14.3. The molecule has 24 heavy (non-hydrogen) atoms. The quantitative estimate of drug-likeness (QED) is 0.885. The minimum atomic E-state index is -3.18. The van der Waals surface area contributed by atoms with E-state index in [4.69, 9.17) is 4.74 Å². The first-order valence-corrected chi connectivity index (χ1v) is 10.1. The Morgan fingerprint density at radius 1 is 1.29 bits per heavy atom. The van der Waals surface area contributed by atoms with Crippen LogP contribution in [0.25, 0.3) is 0 Å². The van der Waals surface area contributed by atoms with E-state index in [-0.39, 0.29) is 16.9 Å². The minimum Gasteiger partial charge on any atom is -0.375 e. The summed E-state index contributed by atoms with van der Waals surface area (Å²) in [5.74, 6) is 0.638. The highest BCUT2D eigenvalue weighted by Gasteiger charge is 2.43. The third kappa shape index (κ3) is 3.70. The second kappa shape index (κ2) is 6.93. The zero-order valence-corrected chi connectivity index (χ0v) is 15.1. The van der Waals surface area contributed by atoms with E-state index in [1.54, 1.807) is 36.6 Å². The Hall–Kier alpha value is -1.25.